The van der Waals surface area contributed by atoms with Gasteiger partial charge in [-0.1, -0.05) is 0 Å². The molecule has 2 saturated carbocycles. The Bertz CT molecular complexity index is 531. The van der Waals surface area contributed by atoms with E-state index in [1.165, 1.54) is 0 Å². The Morgan fingerprint density at radius 2 is 0.704 bits per heavy atom. The van der Waals surface area contributed by atoms with Crippen molar-refractivity contribution in [2.45, 2.75) is 50.1 Å². The fraction of sp³-hybridized carbons (Fsp3) is 0.750. The molecule has 2 aliphatic heterocycles. The van der Waals surface area contributed by atoms with E-state index < -0.39 is 47.5 Å². The van der Waals surface area contributed by atoms with Crippen molar-refractivity contribution < 1.29 is 49.1 Å². The molecule has 2 saturated heterocycles. The van der Waals surface area contributed by atoms with E-state index in [9.17, 15) is 39.6 Å². The maximum Gasteiger partial charge on any atom is 4.00 e. The van der Waals surface area contributed by atoms with Crippen LogP contribution < -0.4 is 20.4 Å². The van der Waals surface area contributed by atoms with Gasteiger partial charge in [0.25, 0.3) is 0 Å². The van der Waals surface area contributed by atoms with Crippen LogP contribution in [0.2, 0.25) is 0 Å². The number of carboxylic acids is 4. The molecule has 0 N–H and O–H groups in total. The van der Waals surface area contributed by atoms with Gasteiger partial charge in [-0.2, -0.15) is 0 Å². The molecule has 11 heteroatoms. The smallest absolute Gasteiger partial charge is 0.550 e. The summed E-state index contributed by atoms with van der Waals surface area (Å²) in [7, 11) is 0. The SMILES string of the molecule is O=C([O-])C1CC2OC2CC1C(=O)[O-].O=C([O-])C1CC2OC2CC1C(=O)[O-].[Sn+4]. The molecule has 4 rings (SSSR count). The van der Waals surface area contributed by atoms with Crippen LogP contribution in [0.15, 0.2) is 0 Å². The summed E-state index contributed by atoms with van der Waals surface area (Å²) in [6.07, 6.45) is 0.684. The number of hydrogen-bond acceptors (Lipinski definition) is 10. The first-order valence-corrected chi connectivity index (χ1v) is 8.33. The minimum Gasteiger partial charge on any atom is -0.550 e. The van der Waals surface area contributed by atoms with Crippen LogP contribution in [-0.2, 0) is 28.7 Å². The van der Waals surface area contributed by atoms with Crippen molar-refractivity contribution in [3.05, 3.63) is 0 Å². The summed E-state index contributed by atoms with van der Waals surface area (Å²) in [6.45, 7) is 0. The van der Waals surface area contributed by atoms with Crippen molar-refractivity contribution in [3.8, 4) is 0 Å². The first kappa shape index (κ1) is 21.9. The third kappa shape index (κ3) is 4.91. The van der Waals surface area contributed by atoms with Crippen LogP contribution in [0.4, 0.5) is 0 Å². The zero-order valence-electron chi connectivity index (χ0n) is 14.0. The quantitative estimate of drug-likeness (QED) is 0.273. The third-order valence-corrected chi connectivity index (χ3v) is 5.50. The molecule has 2 heterocycles. The number of aliphatic carboxylic acids is 4. The van der Waals surface area contributed by atoms with Gasteiger partial charge in [0.15, 0.2) is 0 Å². The van der Waals surface area contributed by atoms with Crippen LogP contribution >= 0.6 is 0 Å². The first-order chi connectivity index (χ1) is 12.2. The molecule has 10 nitrogen and oxygen atoms in total. The molecular formula is C16H16O10Sn. The summed E-state index contributed by atoms with van der Waals surface area (Å²) in [5, 5.41) is 42.3. The summed E-state index contributed by atoms with van der Waals surface area (Å²) < 4.78 is 10.1. The number of carboxylic acid groups (broad SMARTS) is 4. The van der Waals surface area contributed by atoms with E-state index in [-0.39, 0.29) is 74.0 Å². The Kier molecular flexibility index (Phi) is 6.74. The van der Waals surface area contributed by atoms with Crippen LogP contribution in [0, 0.1) is 23.7 Å². The van der Waals surface area contributed by atoms with Crippen molar-refractivity contribution in [1.82, 2.24) is 0 Å². The number of epoxide rings is 2. The van der Waals surface area contributed by atoms with Gasteiger partial charge in [0.2, 0.25) is 0 Å². The van der Waals surface area contributed by atoms with Gasteiger partial charge in [-0.25, -0.2) is 0 Å². The first-order valence-electron chi connectivity index (χ1n) is 8.33. The van der Waals surface area contributed by atoms with Crippen molar-refractivity contribution in [3.63, 3.8) is 0 Å². The zero-order valence-corrected chi connectivity index (χ0v) is 16.9. The third-order valence-electron chi connectivity index (χ3n) is 5.50. The summed E-state index contributed by atoms with van der Waals surface area (Å²) in [5.41, 5.74) is 0. The van der Waals surface area contributed by atoms with Crippen molar-refractivity contribution in [2.75, 3.05) is 0 Å². The number of hydrogen-bond donors (Lipinski definition) is 0. The zero-order chi connectivity index (χ0) is 19.2. The molecule has 0 radical (unpaired) electrons. The van der Waals surface area contributed by atoms with Crippen molar-refractivity contribution in [1.29, 1.82) is 0 Å². The summed E-state index contributed by atoms with van der Waals surface area (Å²) >= 11 is 0. The van der Waals surface area contributed by atoms with E-state index in [4.69, 9.17) is 9.47 Å². The molecule has 2 aliphatic carbocycles. The Labute approximate surface area is 170 Å². The normalized spacial score (nSPS) is 40.6. The molecule has 144 valence electrons. The average molecular weight is 487 g/mol. The van der Waals surface area contributed by atoms with Crippen molar-refractivity contribution in [2.24, 2.45) is 23.7 Å². The van der Waals surface area contributed by atoms with E-state index in [1.54, 1.807) is 0 Å². The molecule has 0 aromatic carbocycles. The standard InChI is InChI=1S/2C8H10O5.Sn/c2*9-7(10)3-1-5-6(13-5)2-4(3)8(11)12;/h2*3-6H,1-2H2,(H,9,10)(H,11,12);/q;;+4/p-4. The molecule has 0 amide bonds. The summed E-state index contributed by atoms with van der Waals surface area (Å²) in [5.74, 6) is -9.07. The maximum absolute atomic E-state index is 10.6. The van der Waals surface area contributed by atoms with E-state index >= 15 is 0 Å². The van der Waals surface area contributed by atoms with Crippen LogP contribution in [0.5, 0.6) is 0 Å². The number of ether oxygens (including phenoxy) is 2. The Hall–Kier alpha value is -1.40. The van der Waals surface area contributed by atoms with Gasteiger partial charge in [0, 0.05) is 47.5 Å². The van der Waals surface area contributed by atoms with Gasteiger partial charge in [-0.05, 0) is 25.7 Å². The Morgan fingerprint density at radius 3 is 0.852 bits per heavy atom. The monoisotopic (exact) mass is 488 g/mol. The Balaban J connectivity index is 0.000000187. The van der Waals surface area contributed by atoms with Crippen LogP contribution in [0.1, 0.15) is 25.7 Å². The van der Waals surface area contributed by atoms with Gasteiger partial charge >= 0.3 is 23.9 Å². The molecule has 0 aromatic rings. The average Bonchev–Trinajstić information content (AvgIpc) is 3.46. The minimum atomic E-state index is -1.32. The molecule has 4 aliphatic rings. The predicted molar refractivity (Wildman–Crippen MR) is 75.5 cm³/mol. The van der Waals surface area contributed by atoms with E-state index in [0.717, 1.165) is 0 Å². The van der Waals surface area contributed by atoms with Gasteiger partial charge in [-0.15, -0.1) is 0 Å². The molecule has 0 spiro atoms. The van der Waals surface area contributed by atoms with Gasteiger partial charge in [0.05, 0.1) is 24.4 Å². The minimum absolute atomic E-state index is 0. The fourth-order valence-electron chi connectivity index (χ4n) is 3.89. The summed E-state index contributed by atoms with van der Waals surface area (Å²) in [4.78, 5) is 42.3. The van der Waals surface area contributed by atoms with E-state index in [2.05, 4.69) is 0 Å². The fourth-order valence-corrected chi connectivity index (χ4v) is 3.89. The second-order valence-electron chi connectivity index (χ2n) is 7.07. The second-order valence-corrected chi connectivity index (χ2v) is 7.07. The van der Waals surface area contributed by atoms with Crippen LogP contribution in [0.3, 0.4) is 0 Å². The van der Waals surface area contributed by atoms with Gasteiger partial charge in [0.1, 0.15) is 0 Å². The summed E-state index contributed by atoms with van der Waals surface area (Å²) in [6, 6.07) is 0. The van der Waals surface area contributed by atoms with E-state index in [1.807, 2.05) is 0 Å². The van der Waals surface area contributed by atoms with Gasteiger partial charge in [-0.3, -0.25) is 0 Å². The Morgan fingerprint density at radius 1 is 0.519 bits per heavy atom. The van der Waals surface area contributed by atoms with E-state index in [0.29, 0.717) is 0 Å². The second kappa shape index (κ2) is 8.31. The van der Waals surface area contributed by atoms with Gasteiger partial charge < -0.3 is 49.1 Å². The maximum atomic E-state index is 10.6. The van der Waals surface area contributed by atoms with Crippen molar-refractivity contribution >= 4 is 47.8 Å². The topological polar surface area (TPSA) is 186 Å². The molecular weight excluding hydrogens is 471 g/mol. The molecule has 0 aromatic heterocycles. The number of carbonyl (C=O) groups excluding carboxylic acids is 4. The van der Waals surface area contributed by atoms with Crippen LogP contribution in [-0.4, -0.2) is 72.2 Å². The molecule has 4 fully saturated rings. The molecule has 8 unspecified atom stereocenters. The number of carbonyl (C=O) groups is 4. The molecule has 0 bridgehead atoms. The van der Waals surface area contributed by atoms with Crippen LogP contribution in [0.25, 0.3) is 0 Å². The number of rotatable bonds is 4. The molecule has 8 atom stereocenters. The molecule has 27 heavy (non-hydrogen) atoms. The largest absolute Gasteiger partial charge is 4.00 e. The number of fused-ring (bicyclic) bond motifs is 2. The predicted octanol–water partition coefficient (Wildman–Crippen LogP) is -5.82.